The zero-order chi connectivity index (χ0) is 16.9. The van der Waals surface area contributed by atoms with Crippen LogP contribution in [-0.2, 0) is 11.3 Å². The quantitative estimate of drug-likeness (QED) is 0.715. The van der Waals surface area contributed by atoms with Crippen LogP contribution in [0.5, 0.6) is 0 Å². The van der Waals surface area contributed by atoms with E-state index < -0.39 is 0 Å². The van der Waals surface area contributed by atoms with Crippen LogP contribution >= 0.6 is 0 Å². The first-order valence-electron chi connectivity index (χ1n) is 8.58. The van der Waals surface area contributed by atoms with Crippen LogP contribution in [-0.4, -0.2) is 51.4 Å². The fraction of sp³-hybridized carbons (Fsp3) is 0.316. The first-order valence-corrected chi connectivity index (χ1v) is 8.58. The molecule has 1 aliphatic heterocycles. The van der Waals surface area contributed by atoms with Crippen LogP contribution in [0.25, 0.3) is 0 Å². The summed E-state index contributed by atoms with van der Waals surface area (Å²) in [4.78, 5) is 2.33. The van der Waals surface area contributed by atoms with Gasteiger partial charge in [-0.15, -0.1) is 5.10 Å². The summed E-state index contributed by atoms with van der Waals surface area (Å²) < 4.78 is 7.38. The van der Waals surface area contributed by atoms with Crippen LogP contribution in [0.2, 0.25) is 0 Å². The van der Waals surface area contributed by atoms with Gasteiger partial charge in [-0.3, -0.25) is 4.90 Å². The highest BCUT2D eigenvalue weighted by Crippen LogP contribution is 2.26. The molecule has 2 aromatic carbocycles. The maximum Gasteiger partial charge on any atom is 0.166 e. The molecule has 0 spiro atoms. The van der Waals surface area contributed by atoms with Crippen molar-refractivity contribution < 1.29 is 4.74 Å². The minimum absolute atomic E-state index is 0.0339. The molecule has 1 aromatic heterocycles. The number of hydrogen-bond acceptors (Lipinski definition) is 5. The third kappa shape index (κ3) is 3.60. The molecule has 0 amide bonds. The third-order valence-corrected chi connectivity index (χ3v) is 4.50. The molecule has 6 nitrogen and oxygen atoms in total. The van der Waals surface area contributed by atoms with Crippen LogP contribution in [0.4, 0.5) is 0 Å². The maximum atomic E-state index is 5.44. The predicted octanol–water partition coefficient (Wildman–Crippen LogP) is 2.14. The van der Waals surface area contributed by atoms with Gasteiger partial charge < -0.3 is 4.74 Å². The number of ether oxygens (including phenoxy) is 1. The topological polar surface area (TPSA) is 56.1 Å². The zero-order valence-electron chi connectivity index (χ0n) is 14.0. The Bertz CT molecular complexity index is 744. The Morgan fingerprint density at radius 2 is 1.48 bits per heavy atom. The molecule has 3 aromatic rings. The standard InChI is InChI=1S/C19H21N5O/c1-3-7-16(8-4-1)19(17-9-5-2-6-10-17)24-18(20-21-22-24)15-23-11-13-25-14-12-23/h1-10,19H,11-15H2. The van der Waals surface area contributed by atoms with E-state index in [9.17, 15) is 0 Å². The third-order valence-electron chi connectivity index (χ3n) is 4.50. The summed E-state index contributed by atoms with van der Waals surface area (Å²) >= 11 is 0. The second kappa shape index (κ2) is 7.55. The molecule has 4 rings (SSSR count). The van der Waals surface area contributed by atoms with E-state index >= 15 is 0 Å². The molecule has 0 saturated carbocycles. The lowest BCUT2D eigenvalue weighted by atomic mass is 9.99. The van der Waals surface area contributed by atoms with Gasteiger partial charge in [-0.25, -0.2) is 4.68 Å². The molecular weight excluding hydrogens is 314 g/mol. The van der Waals surface area contributed by atoms with Crippen molar-refractivity contribution in [1.82, 2.24) is 25.1 Å². The molecule has 25 heavy (non-hydrogen) atoms. The number of aromatic nitrogens is 4. The van der Waals surface area contributed by atoms with Crippen LogP contribution in [0, 0.1) is 0 Å². The van der Waals surface area contributed by atoms with Crippen molar-refractivity contribution in [3.63, 3.8) is 0 Å². The zero-order valence-corrected chi connectivity index (χ0v) is 14.0. The highest BCUT2D eigenvalue weighted by atomic mass is 16.5. The van der Waals surface area contributed by atoms with E-state index in [1.807, 2.05) is 16.8 Å². The Hall–Kier alpha value is -2.57. The lowest BCUT2D eigenvalue weighted by molar-refractivity contribution is 0.0323. The second-order valence-corrected chi connectivity index (χ2v) is 6.15. The van der Waals surface area contributed by atoms with Gasteiger partial charge in [-0.1, -0.05) is 60.7 Å². The van der Waals surface area contributed by atoms with Crippen molar-refractivity contribution >= 4 is 0 Å². The molecule has 6 heteroatoms. The number of morpholine rings is 1. The van der Waals surface area contributed by atoms with E-state index in [-0.39, 0.29) is 6.04 Å². The van der Waals surface area contributed by atoms with Gasteiger partial charge in [0.1, 0.15) is 6.04 Å². The Morgan fingerprint density at radius 3 is 2.08 bits per heavy atom. The van der Waals surface area contributed by atoms with Gasteiger partial charge in [0, 0.05) is 13.1 Å². The molecule has 2 heterocycles. The largest absolute Gasteiger partial charge is 0.379 e. The minimum atomic E-state index is -0.0339. The molecule has 1 saturated heterocycles. The van der Waals surface area contributed by atoms with Crippen LogP contribution < -0.4 is 0 Å². The number of hydrogen-bond donors (Lipinski definition) is 0. The number of nitrogens with zero attached hydrogens (tertiary/aromatic N) is 5. The first-order chi connectivity index (χ1) is 12.4. The Morgan fingerprint density at radius 1 is 0.880 bits per heavy atom. The second-order valence-electron chi connectivity index (χ2n) is 6.15. The van der Waals surface area contributed by atoms with Gasteiger partial charge in [-0.2, -0.15) is 0 Å². The molecule has 0 aliphatic carbocycles. The van der Waals surface area contributed by atoms with Crippen molar-refractivity contribution in [3.8, 4) is 0 Å². The van der Waals surface area contributed by atoms with E-state index in [1.54, 1.807) is 0 Å². The molecule has 128 valence electrons. The van der Waals surface area contributed by atoms with Crippen LogP contribution in [0.1, 0.15) is 23.0 Å². The molecular formula is C19H21N5O. The van der Waals surface area contributed by atoms with E-state index in [2.05, 4.69) is 69.0 Å². The van der Waals surface area contributed by atoms with Crippen molar-refractivity contribution in [2.24, 2.45) is 0 Å². The molecule has 0 unspecified atom stereocenters. The minimum Gasteiger partial charge on any atom is -0.379 e. The lowest BCUT2D eigenvalue weighted by Crippen LogP contribution is -2.36. The lowest BCUT2D eigenvalue weighted by Gasteiger charge is -2.27. The Balaban J connectivity index is 1.70. The molecule has 1 fully saturated rings. The Labute approximate surface area is 147 Å². The molecule has 1 aliphatic rings. The summed E-state index contributed by atoms with van der Waals surface area (Å²) in [5.41, 5.74) is 2.34. The Kier molecular flexibility index (Phi) is 4.81. The smallest absolute Gasteiger partial charge is 0.166 e. The van der Waals surface area contributed by atoms with Gasteiger partial charge in [0.15, 0.2) is 5.82 Å². The number of tetrazole rings is 1. The molecule has 0 atom stereocenters. The van der Waals surface area contributed by atoms with Crippen molar-refractivity contribution in [1.29, 1.82) is 0 Å². The summed E-state index contributed by atoms with van der Waals surface area (Å²) in [6.45, 7) is 4.08. The highest BCUT2D eigenvalue weighted by molar-refractivity contribution is 5.32. The predicted molar refractivity (Wildman–Crippen MR) is 94.0 cm³/mol. The average molecular weight is 335 g/mol. The summed E-state index contributed by atoms with van der Waals surface area (Å²) in [6, 6.07) is 20.7. The molecule has 0 N–H and O–H groups in total. The summed E-state index contributed by atoms with van der Waals surface area (Å²) in [7, 11) is 0. The SMILES string of the molecule is c1ccc(C(c2ccccc2)n2nnnc2CN2CCOCC2)cc1. The number of rotatable bonds is 5. The summed E-state index contributed by atoms with van der Waals surface area (Å²) in [5.74, 6) is 0.875. The maximum absolute atomic E-state index is 5.44. The van der Waals surface area contributed by atoms with Gasteiger partial charge in [0.25, 0.3) is 0 Å². The van der Waals surface area contributed by atoms with Crippen molar-refractivity contribution in [2.45, 2.75) is 12.6 Å². The molecule has 0 bridgehead atoms. The van der Waals surface area contributed by atoms with Gasteiger partial charge in [0.2, 0.25) is 0 Å². The van der Waals surface area contributed by atoms with E-state index in [1.165, 1.54) is 11.1 Å². The van der Waals surface area contributed by atoms with Crippen molar-refractivity contribution in [2.75, 3.05) is 26.3 Å². The average Bonchev–Trinajstić information content (AvgIpc) is 3.12. The van der Waals surface area contributed by atoms with Crippen molar-refractivity contribution in [3.05, 3.63) is 77.6 Å². The van der Waals surface area contributed by atoms with E-state index in [4.69, 9.17) is 4.74 Å². The first kappa shape index (κ1) is 15.9. The van der Waals surface area contributed by atoms with Gasteiger partial charge in [-0.05, 0) is 21.6 Å². The fourth-order valence-corrected chi connectivity index (χ4v) is 3.22. The van der Waals surface area contributed by atoms with Gasteiger partial charge >= 0.3 is 0 Å². The van der Waals surface area contributed by atoms with E-state index in [0.717, 1.165) is 38.7 Å². The monoisotopic (exact) mass is 335 g/mol. The highest BCUT2D eigenvalue weighted by Gasteiger charge is 2.23. The van der Waals surface area contributed by atoms with E-state index in [0.29, 0.717) is 0 Å². The summed E-state index contributed by atoms with van der Waals surface area (Å²) in [5, 5.41) is 12.6. The molecule has 0 radical (unpaired) electrons. The summed E-state index contributed by atoms with van der Waals surface area (Å²) in [6.07, 6.45) is 0. The van der Waals surface area contributed by atoms with Crippen LogP contribution in [0.15, 0.2) is 60.7 Å². The fourth-order valence-electron chi connectivity index (χ4n) is 3.22. The normalized spacial score (nSPS) is 15.6. The van der Waals surface area contributed by atoms with Crippen LogP contribution in [0.3, 0.4) is 0 Å². The number of benzene rings is 2. The van der Waals surface area contributed by atoms with Gasteiger partial charge in [0.05, 0.1) is 19.8 Å².